The lowest BCUT2D eigenvalue weighted by molar-refractivity contribution is -0.144. The number of hydrogen-bond acceptors (Lipinski definition) is 25. The number of guanidine groups is 2. The van der Waals surface area contributed by atoms with E-state index in [2.05, 4.69) is 99.0 Å². The Morgan fingerprint density at radius 3 is 1.32 bits per heavy atom. The number of nitrogens with one attached hydrogen (secondary N) is 12. The third-order valence-corrected chi connectivity index (χ3v) is 21.1. The first-order valence-electron chi connectivity index (χ1n) is 40.5. The Balaban J connectivity index is 1.44. The molecule has 3 saturated heterocycles. The molecule has 120 heavy (non-hydrogen) atoms. The Morgan fingerprint density at radius 1 is 0.442 bits per heavy atom. The number of aliphatic carboxylic acids is 1. The van der Waals surface area contributed by atoms with Gasteiger partial charge in [-0.05, 0) is 140 Å². The van der Waals surface area contributed by atoms with E-state index in [9.17, 15) is 92.0 Å². The maximum absolute atomic E-state index is 14.8. The zero-order chi connectivity index (χ0) is 89.5. The van der Waals surface area contributed by atoms with Crippen LogP contribution >= 0.6 is 25.3 Å². The summed E-state index contributed by atoms with van der Waals surface area (Å²) in [6.07, 6.45) is 2.85. The topological polar surface area (TPSA) is 695 Å². The number of benzene rings is 1. The molecular weight excluding hydrogens is 1610 g/mol. The minimum Gasteiger partial charge on any atom is -0.480 e. The summed E-state index contributed by atoms with van der Waals surface area (Å²) in [5.41, 5.74) is 40.0. The van der Waals surface area contributed by atoms with Crippen molar-refractivity contribution in [2.45, 2.75) is 234 Å². The van der Waals surface area contributed by atoms with Crippen LogP contribution in [0.4, 0.5) is 0 Å². The van der Waals surface area contributed by atoms with E-state index >= 15 is 0 Å². The quantitative estimate of drug-likeness (QED) is 0.0125. The number of unbranched alkanes of at least 4 members (excludes halogenated alkanes) is 2. The molecule has 3 aliphatic heterocycles. The van der Waals surface area contributed by atoms with Crippen LogP contribution in [0, 0.1) is 11.8 Å². The minimum atomic E-state index is -1.77. The number of carboxylic acid groups (broad SMARTS) is 1. The number of aliphatic hydroxyl groups excluding tert-OH is 2. The Bertz CT molecular complexity index is 3690. The van der Waals surface area contributed by atoms with E-state index in [1.807, 2.05) is 0 Å². The Labute approximate surface area is 708 Å². The number of thiol groups is 2. The molecular formula is C75H126N24O19S2. The molecule has 1 aromatic carbocycles. The lowest BCUT2D eigenvalue weighted by atomic mass is 9.99. The first kappa shape index (κ1) is 102. The first-order chi connectivity index (χ1) is 57.0. The number of carboxylic acids is 1. The van der Waals surface area contributed by atoms with Gasteiger partial charge in [0.05, 0.1) is 25.8 Å². The molecule has 45 heteroatoms. The van der Waals surface area contributed by atoms with Gasteiger partial charge in [0.15, 0.2) is 11.9 Å². The summed E-state index contributed by atoms with van der Waals surface area (Å²) in [5, 5.41) is 61.4. The van der Waals surface area contributed by atoms with Crippen molar-refractivity contribution in [2.24, 2.45) is 62.0 Å². The van der Waals surface area contributed by atoms with Gasteiger partial charge in [0.25, 0.3) is 0 Å². The van der Waals surface area contributed by atoms with Gasteiger partial charge in [-0.3, -0.25) is 81.9 Å². The van der Waals surface area contributed by atoms with Crippen LogP contribution in [0.1, 0.15) is 143 Å². The molecule has 15 amide bonds. The zero-order valence-corrected chi connectivity index (χ0v) is 70.5. The molecule has 672 valence electrons. The van der Waals surface area contributed by atoms with E-state index in [-0.39, 0.29) is 146 Å². The molecule has 3 aliphatic rings. The monoisotopic (exact) mass is 1730 g/mol. The Morgan fingerprint density at radius 2 is 0.842 bits per heavy atom. The van der Waals surface area contributed by atoms with Crippen molar-refractivity contribution in [1.82, 2.24) is 78.5 Å². The highest BCUT2D eigenvalue weighted by atomic mass is 32.1. The highest BCUT2D eigenvalue weighted by Crippen LogP contribution is 2.24. The van der Waals surface area contributed by atoms with Gasteiger partial charge >= 0.3 is 5.97 Å². The van der Waals surface area contributed by atoms with Crippen LogP contribution in [0.15, 0.2) is 40.3 Å². The molecule has 0 aliphatic carbocycles. The zero-order valence-electron chi connectivity index (χ0n) is 68.8. The van der Waals surface area contributed by atoms with Gasteiger partial charge in [0.2, 0.25) is 88.6 Å². The van der Waals surface area contributed by atoms with Crippen LogP contribution in [-0.4, -0.2) is 304 Å². The molecule has 0 radical (unpaired) electrons. The molecule has 3 heterocycles. The summed E-state index contributed by atoms with van der Waals surface area (Å²) < 4.78 is 0. The second-order valence-electron chi connectivity index (χ2n) is 30.4. The predicted molar refractivity (Wildman–Crippen MR) is 447 cm³/mol. The molecule has 15 atom stereocenters. The third-order valence-electron chi connectivity index (χ3n) is 20.4. The van der Waals surface area contributed by atoms with Crippen molar-refractivity contribution in [1.29, 1.82) is 0 Å². The molecule has 29 N–H and O–H groups in total. The van der Waals surface area contributed by atoms with Gasteiger partial charge in [0.1, 0.15) is 84.6 Å². The summed E-state index contributed by atoms with van der Waals surface area (Å²) in [5.74, 6) is -15.7. The van der Waals surface area contributed by atoms with E-state index in [4.69, 9.17) is 40.1 Å². The molecule has 0 bridgehead atoms. The van der Waals surface area contributed by atoms with Crippen molar-refractivity contribution >= 4 is 132 Å². The molecule has 4 rings (SSSR count). The molecule has 3 fully saturated rings. The van der Waals surface area contributed by atoms with Crippen molar-refractivity contribution in [2.75, 3.05) is 77.1 Å². The highest BCUT2D eigenvalue weighted by molar-refractivity contribution is 7.80. The number of hydrogen-bond donors (Lipinski definition) is 24. The number of rotatable bonds is 52. The number of aliphatic hydroxyl groups is 2. The van der Waals surface area contributed by atoms with E-state index in [1.54, 1.807) is 58.0 Å². The van der Waals surface area contributed by atoms with Crippen LogP contribution in [-0.2, 0) is 83.1 Å². The number of likely N-dealkylation sites (tertiary alicyclic amines) is 3. The number of aliphatic imine (C=N–C) groups is 2. The smallest absolute Gasteiger partial charge is 0.326 e. The largest absolute Gasteiger partial charge is 0.480 e. The van der Waals surface area contributed by atoms with Crippen molar-refractivity contribution in [3.8, 4) is 0 Å². The fourth-order valence-corrected chi connectivity index (χ4v) is 14.1. The van der Waals surface area contributed by atoms with Gasteiger partial charge in [-0.2, -0.15) is 25.3 Å². The van der Waals surface area contributed by atoms with Crippen LogP contribution < -0.4 is 104 Å². The second-order valence-corrected chi connectivity index (χ2v) is 31.1. The highest BCUT2D eigenvalue weighted by Gasteiger charge is 2.44. The number of carbonyl (C=O) groups excluding carboxylic acids is 15. The number of amides is 15. The lowest BCUT2D eigenvalue weighted by Gasteiger charge is -2.31. The van der Waals surface area contributed by atoms with Crippen LogP contribution in [0.25, 0.3) is 0 Å². The number of nitrogens with zero attached hydrogens (tertiary/aromatic N) is 5. The van der Waals surface area contributed by atoms with Crippen LogP contribution in [0.5, 0.6) is 0 Å². The average Bonchev–Trinajstić information content (AvgIpc) is 1.55. The molecule has 0 aromatic heterocycles. The molecule has 43 nitrogen and oxygen atoms in total. The molecule has 1 aromatic rings. The third kappa shape index (κ3) is 33.1. The van der Waals surface area contributed by atoms with Crippen molar-refractivity contribution in [3.05, 3.63) is 35.9 Å². The number of carbonyl (C=O) groups is 16. The van der Waals surface area contributed by atoms with E-state index in [0.717, 1.165) is 4.90 Å². The van der Waals surface area contributed by atoms with Crippen LogP contribution in [0.2, 0.25) is 0 Å². The summed E-state index contributed by atoms with van der Waals surface area (Å²) in [6.45, 7) is 6.02. The van der Waals surface area contributed by atoms with E-state index in [0.29, 0.717) is 44.2 Å². The van der Waals surface area contributed by atoms with E-state index < -0.39 is 211 Å². The fraction of sp³-hybridized carbons (Fsp3) is 0.680. The molecule has 0 spiro atoms. The lowest BCUT2D eigenvalue weighted by Crippen LogP contribution is -2.61. The van der Waals surface area contributed by atoms with Gasteiger partial charge in [-0.25, -0.2) is 4.79 Å². The number of nitrogens with two attached hydrogens (primary N) is 7. The van der Waals surface area contributed by atoms with Crippen molar-refractivity contribution in [3.63, 3.8) is 0 Å². The van der Waals surface area contributed by atoms with Gasteiger partial charge in [-0.1, -0.05) is 58.0 Å². The van der Waals surface area contributed by atoms with Crippen molar-refractivity contribution < 1.29 is 92.0 Å². The maximum atomic E-state index is 14.8. The molecule has 0 unspecified atom stereocenters. The fourth-order valence-electron chi connectivity index (χ4n) is 13.6. The molecule has 0 saturated carbocycles. The van der Waals surface area contributed by atoms with Gasteiger partial charge < -0.3 is 134 Å². The second kappa shape index (κ2) is 52.7. The maximum Gasteiger partial charge on any atom is 0.326 e. The van der Waals surface area contributed by atoms with Crippen LogP contribution in [0.3, 0.4) is 0 Å². The van der Waals surface area contributed by atoms with Gasteiger partial charge in [-0.15, -0.1) is 0 Å². The summed E-state index contributed by atoms with van der Waals surface area (Å²) in [7, 11) is 0. The Kier molecular flexibility index (Phi) is 44.9. The summed E-state index contributed by atoms with van der Waals surface area (Å²) >= 11 is 8.47. The normalized spacial score (nSPS) is 18.0. The Hall–Kier alpha value is -10.2. The first-order valence-corrected chi connectivity index (χ1v) is 41.7. The summed E-state index contributed by atoms with van der Waals surface area (Å²) in [4.78, 5) is 233. The SMILES string of the molecule is CC(C)[C@H](N)C(=O)N[C@H](C(=O)N[C@@H](CCCCN)C(=O)N[C@@H](CS)C(=O)N[C@@H](CO)C(=O)N[C@@H](Cc1ccccc1)C(=O)N[C@@H](CCCN=C(N)N)C(=O)N1CCC[C@H]1C(=O)NCC(=O)N[C@@H](CO)C(=O)N1CCC[C@H]1C(=O)N[C@@H](C)C(=O)N1CCC[C@H]1C(=O)N[C@@H](CCCN=C(N)N)C(=O)N[C@@H](CS)C(=O)N[C@@H](CCCCN)C(=O)O)C(C)C. The minimum absolute atomic E-state index is 0.0168. The van der Waals surface area contributed by atoms with E-state index in [1.165, 1.54) is 16.7 Å². The standard InChI is InChI=1S/C75H126N24O19S2/c1-40(2)57(78)68(112)96-58(41(3)4)69(113)89-44(20-9-11-27-76)59(103)95-52(39-120)64(108)93-49(36-100)62(106)92-48(34-43-18-7-6-8-19-43)61(105)90-46(23-14-30-84-75(81)82)71(115)98-32-15-24-53(98)65(109)85-35-56(102)87-50(37-101)72(116)99-33-17-25-54(99)66(110)86-42(5)70(114)97-31-16-26-55(97)67(111)88-45(22-13-29-83-74(79)80)60(104)94-51(38-119)63(107)91-47(73(117)118)21-10-12-28-77/h6-8,18-19,40-42,44-55,57-58,100-101,119-120H,9-17,20-39,76-78H2,1-5H3,(H,85,109)(H,86,110)(H,87,102)(H,88,111)(H,89,113)(H,90,105)(H,91,107)(H,92,106)(H,93,108)(H,94,104)(H,95,103)(H,96,112)(H,117,118)(H4,79,80,83)(H4,81,82,84)/t42-,44-,45-,46-,47-,48-,49-,50-,51-,52-,53-,54-,55-,57-,58-/m0/s1. The summed E-state index contributed by atoms with van der Waals surface area (Å²) in [6, 6.07) is -11.7. The van der Waals surface area contributed by atoms with Gasteiger partial charge in [0, 0.05) is 50.7 Å². The average molecular weight is 1730 g/mol. The predicted octanol–water partition coefficient (Wildman–Crippen LogP) is -8.40.